The van der Waals surface area contributed by atoms with Crippen molar-refractivity contribution >= 4 is 40.0 Å². The van der Waals surface area contributed by atoms with Gasteiger partial charge in [-0.25, -0.2) is 4.39 Å². The van der Waals surface area contributed by atoms with E-state index < -0.39 is 0 Å². The van der Waals surface area contributed by atoms with Crippen molar-refractivity contribution < 1.29 is 9.18 Å². The van der Waals surface area contributed by atoms with Crippen molar-refractivity contribution in [3.63, 3.8) is 0 Å². The molecule has 0 aliphatic carbocycles. The molecule has 7 heteroatoms. The van der Waals surface area contributed by atoms with Crippen LogP contribution in [-0.4, -0.2) is 16.1 Å². The lowest BCUT2D eigenvalue weighted by Gasteiger charge is -2.05. The van der Waals surface area contributed by atoms with Crippen LogP contribution in [0.3, 0.4) is 0 Å². The molecule has 17 heavy (non-hydrogen) atoms. The smallest absolute Gasteiger partial charge is 0.273 e. The lowest BCUT2D eigenvalue weighted by molar-refractivity contribution is 0.102. The van der Waals surface area contributed by atoms with Crippen molar-refractivity contribution in [3.05, 3.63) is 39.3 Å². The van der Waals surface area contributed by atoms with Crippen LogP contribution < -0.4 is 11.1 Å². The van der Waals surface area contributed by atoms with Crippen molar-refractivity contribution in [3.8, 4) is 0 Å². The molecule has 1 heterocycles. The Hall–Kier alpha value is -1.64. The van der Waals surface area contributed by atoms with Gasteiger partial charge in [-0.15, -0.1) is 0 Å². The van der Waals surface area contributed by atoms with E-state index in [1.807, 2.05) is 22.6 Å². The first-order valence-electron chi connectivity index (χ1n) is 4.63. The van der Waals surface area contributed by atoms with Crippen LogP contribution >= 0.6 is 22.6 Å². The number of amides is 1. The van der Waals surface area contributed by atoms with E-state index in [-0.39, 0.29) is 23.2 Å². The number of hydrogen-bond acceptors (Lipinski definition) is 3. The van der Waals surface area contributed by atoms with Crippen LogP contribution in [0.4, 0.5) is 15.9 Å². The zero-order valence-corrected chi connectivity index (χ0v) is 10.7. The summed E-state index contributed by atoms with van der Waals surface area (Å²) in [5.74, 6) is -0.485. The average Bonchev–Trinajstić information content (AvgIpc) is 2.69. The van der Waals surface area contributed by atoms with E-state index in [9.17, 15) is 9.18 Å². The molecule has 0 saturated heterocycles. The van der Waals surface area contributed by atoms with Crippen LogP contribution in [0.15, 0.2) is 24.3 Å². The summed E-state index contributed by atoms with van der Waals surface area (Å²) >= 11 is 1.94. The number of anilines is 2. The summed E-state index contributed by atoms with van der Waals surface area (Å²) in [6.07, 6.45) is 0. The number of carbonyl (C=O) groups is 1. The molecule has 0 spiro atoms. The van der Waals surface area contributed by atoms with Gasteiger partial charge < -0.3 is 11.1 Å². The topological polar surface area (TPSA) is 83.8 Å². The second kappa shape index (κ2) is 4.70. The molecule has 2 rings (SSSR count). The van der Waals surface area contributed by atoms with Gasteiger partial charge in [0.25, 0.3) is 5.91 Å². The Bertz CT molecular complexity index is 569. The molecule has 0 aliphatic heterocycles. The molecule has 0 atom stereocenters. The van der Waals surface area contributed by atoms with Crippen LogP contribution in [-0.2, 0) is 0 Å². The molecule has 0 unspecified atom stereocenters. The summed E-state index contributed by atoms with van der Waals surface area (Å²) in [6.45, 7) is 0. The fourth-order valence-corrected chi connectivity index (χ4v) is 1.85. The van der Waals surface area contributed by atoms with Crippen molar-refractivity contribution in [2.24, 2.45) is 0 Å². The number of nitrogens with one attached hydrogen (secondary N) is 2. The highest BCUT2D eigenvalue weighted by atomic mass is 127. The van der Waals surface area contributed by atoms with E-state index in [1.54, 1.807) is 0 Å². The van der Waals surface area contributed by atoms with Crippen molar-refractivity contribution in [1.29, 1.82) is 0 Å². The normalized spacial score (nSPS) is 10.2. The van der Waals surface area contributed by atoms with Gasteiger partial charge in [0.1, 0.15) is 17.3 Å². The van der Waals surface area contributed by atoms with Crippen molar-refractivity contribution in [2.75, 3.05) is 11.1 Å². The van der Waals surface area contributed by atoms with E-state index >= 15 is 0 Å². The zero-order chi connectivity index (χ0) is 12.4. The van der Waals surface area contributed by atoms with Crippen LogP contribution in [0, 0.1) is 9.39 Å². The zero-order valence-electron chi connectivity index (χ0n) is 8.50. The van der Waals surface area contributed by atoms with E-state index in [1.165, 1.54) is 24.3 Å². The third-order valence-corrected chi connectivity index (χ3v) is 2.91. The average molecular weight is 346 g/mol. The number of benzene rings is 1. The van der Waals surface area contributed by atoms with Crippen LogP contribution in [0.1, 0.15) is 10.5 Å². The van der Waals surface area contributed by atoms with Gasteiger partial charge in [0.15, 0.2) is 0 Å². The summed E-state index contributed by atoms with van der Waals surface area (Å²) in [4.78, 5) is 11.7. The Kier molecular flexibility index (Phi) is 3.27. The van der Waals surface area contributed by atoms with Gasteiger partial charge in [-0.2, -0.15) is 5.10 Å². The molecule has 5 nitrogen and oxygen atoms in total. The number of carbonyl (C=O) groups excluding carboxylic acids is 1. The molecule has 0 bridgehead atoms. The number of aromatic nitrogens is 2. The van der Waals surface area contributed by atoms with Crippen LogP contribution in [0.2, 0.25) is 0 Å². The highest BCUT2D eigenvalue weighted by Crippen LogP contribution is 2.19. The third-order valence-electron chi connectivity index (χ3n) is 2.02. The van der Waals surface area contributed by atoms with Gasteiger partial charge in [-0.3, -0.25) is 9.89 Å². The maximum Gasteiger partial charge on any atom is 0.273 e. The van der Waals surface area contributed by atoms with Gasteiger partial charge >= 0.3 is 0 Å². The van der Waals surface area contributed by atoms with Gasteiger partial charge in [0, 0.05) is 9.64 Å². The minimum Gasteiger partial charge on any atom is -0.382 e. The first-order valence-corrected chi connectivity index (χ1v) is 5.71. The number of halogens is 2. The minimum absolute atomic E-state index is 0.240. The largest absolute Gasteiger partial charge is 0.382 e. The number of rotatable bonds is 2. The molecule has 4 N–H and O–H groups in total. The molecule has 1 amide bonds. The summed E-state index contributed by atoms with van der Waals surface area (Å²) < 4.78 is 13.5. The summed E-state index contributed by atoms with van der Waals surface area (Å²) in [5, 5.41) is 8.77. The molecule has 0 aliphatic rings. The lowest BCUT2D eigenvalue weighted by Crippen LogP contribution is -2.13. The molecule has 1 aromatic carbocycles. The monoisotopic (exact) mass is 346 g/mol. The molecule has 0 fully saturated rings. The first-order chi connectivity index (χ1) is 8.06. The van der Waals surface area contributed by atoms with Crippen molar-refractivity contribution in [2.45, 2.75) is 0 Å². The number of nitrogen functional groups attached to an aromatic ring is 1. The van der Waals surface area contributed by atoms with Crippen LogP contribution in [0.5, 0.6) is 0 Å². The first kappa shape index (κ1) is 11.8. The molecule has 0 radical (unpaired) electrons. The second-order valence-corrected chi connectivity index (χ2v) is 4.45. The number of nitrogens with two attached hydrogens (primary N) is 1. The predicted octanol–water partition coefficient (Wildman–Crippen LogP) is 1.99. The van der Waals surface area contributed by atoms with E-state index in [2.05, 4.69) is 15.5 Å². The standard InChI is InChI=1S/C10H8FIN4O/c11-5-1-2-7(6(12)3-5)14-10(17)8-4-9(13)16-15-8/h1-4H,(H,14,17)(H3,13,15,16). The Morgan fingerprint density at radius 3 is 2.82 bits per heavy atom. The summed E-state index contributed by atoms with van der Waals surface area (Å²) in [7, 11) is 0. The molecular weight excluding hydrogens is 338 g/mol. The third kappa shape index (κ3) is 2.73. The molecule has 88 valence electrons. The minimum atomic E-state index is -0.376. The van der Waals surface area contributed by atoms with Gasteiger partial charge in [0.2, 0.25) is 0 Å². The van der Waals surface area contributed by atoms with Gasteiger partial charge in [-0.05, 0) is 40.8 Å². The molecule has 1 aromatic heterocycles. The Labute approximate surface area is 110 Å². The molecule has 0 saturated carbocycles. The highest BCUT2D eigenvalue weighted by Gasteiger charge is 2.10. The maximum atomic E-state index is 12.9. The Morgan fingerprint density at radius 2 is 2.24 bits per heavy atom. The number of hydrogen-bond donors (Lipinski definition) is 3. The lowest BCUT2D eigenvalue weighted by atomic mass is 10.3. The SMILES string of the molecule is Nc1cc(C(=O)Nc2ccc(F)cc2I)[nH]n1. The number of nitrogens with zero attached hydrogens (tertiary/aromatic N) is 1. The quantitative estimate of drug-likeness (QED) is 0.728. The maximum absolute atomic E-state index is 12.9. The van der Waals surface area contributed by atoms with E-state index in [4.69, 9.17) is 5.73 Å². The number of H-pyrrole nitrogens is 1. The van der Waals surface area contributed by atoms with Crippen LogP contribution in [0.25, 0.3) is 0 Å². The summed E-state index contributed by atoms with van der Waals surface area (Å²) in [5.41, 5.74) is 6.17. The predicted molar refractivity (Wildman–Crippen MR) is 70.1 cm³/mol. The van der Waals surface area contributed by atoms with Gasteiger partial charge in [-0.1, -0.05) is 0 Å². The molecule has 2 aromatic rings. The number of aromatic amines is 1. The fraction of sp³-hybridized carbons (Fsp3) is 0. The fourth-order valence-electron chi connectivity index (χ4n) is 1.23. The second-order valence-electron chi connectivity index (χ2n) is 3.28. The molecular formula is C10H8FIN4O. The van der Waals surface area contributed by atoms with Gasteiger partial charge in [0.05, 0.1) is 5.69 Å². The van der Waals surface area contributed by atoms with E-state index in [0.29, 0.717) is 9.26 Å². The highest BCUT2D eigenvalue weighted by molar-refractivity contribution is 14.1. The Balaban J connectivity index is 2.18. The van der Waals surface area contributed by atoms with E-state index in [0.717, 1.165) is 0 Å². The van der Waals surface area contributed by atoms with Crippen molar-refractivity contribution in [1.82, 2.24) is 10.2 Å². The summed E-state index contributed by atoms with van der Waals surface area (Å²) in [6, 6.07) is 5.52. The Morgan fingerprint density at radius 1 is 1.47 bits per heavy atom.